The summed E-state index contributed by atoms with van der Waals surface area (Å²) in [5.41, 5.74) is 2.21. The first-order valence-electron chi connectivity index (χ1n) is 9.24. The molecule has 2 aromatic carbocycles. The molecule has 5 nitrogen and oxygen atoms in total. The molecule has 1 saturated carbocycles. The van der Waals surface area contributed by atoms with E-state index in [0.717, 1.165) is 18.4 Å². The molecule has 136 valence electrons. The second-order valence-electron chi connectivity index (χ2n) is 6.69. The molecular weight excluding hydrogens is 338 g/mol. The van der Waals surface area contributed by atoms with Crippen LogP contribution in [0.15, 0.2) is 67.0 Å². The van der Waals surface area contributed by atoms with E-state index >= 15 is 0 Å². The van der Waals surface area contributed by atoms with Crippen LogP contribution >= 0.6 is 0 Å². The maximum Gasteiger partial charge on any atom is 0.251 e. The average Bonchev–Trinajstić information content (AvgIpc) is 3.22. The zero-order valence-electron chi connectivity index (χ0n) is 15.0. The summed E-state index contributed by atoms with van der Waals surface area (Å²) in [5.74, 6) is 1.15. The number of rotatable bonds is 5. The van der Waals surface area contributed by atoms with Gasteiger partial charge in [0.05, 0.1) is 5.69 Å². The lowest BCUT2D eigenvalue weighted by atomic mass is 10.1. The summed E-state index contributed by atoms with van der Waals surface area (Å²) in [7, 11) is 0. The van der Waals surface area contributed by atoms with Crippen molar-refractivity contribution in [2.75, 3.05) is 0 Å². The van der Waals surface area contributed by atoms with E-state index in [1.807, 2.05) is 54.6 Å². The number of amides is 1. The van der Waals surface area contributed by atoms with E-state index in [0.29, 0.717) is 28.9 Å². The Labute approximate surface area is 158 Å². The number of ether oxygens (including phenoxy) is 1. The number of nitrogens with one attached hydrogen (secondary N) is 1. The van der Waals surface area contributed by atoms with Crippen LogP contribution in [-0.2, 0) is 0 Å². The molecule has 0 radical (unpaired) electrons. The summed E-state index contributed by atoms with van der Waals surface area (Å²) in [5, 5.41) is 3.12. The van der Waals surface area contributed by atoms with Crippen molar-refractivity contribution in [3.05, 3.63) is 72.6 Å². The fourth-order valence-corrected chi connectivity index (χ4v) is 3.32. The first-order chi connectivity index (χ1) is 13.3. The van der Waals surface area contributed by atoms with Crippen LogP contribution in [0.2, 0.25) is 0 Å². The molecule has 4 rings (SSSR count). The van der Waals surface area contributed by atoms with E-state index < -0.39 is 0 Å². The molecule has 5 heteroatoms. The van der Waals surface area contributed by atoms with Crippen LogP contribution in [0.5, 0.6) is 11.6 Å². The Balaban J connectivity index is 1.53. The van der Waals surface area contributed by atoms with E-state index in [-0.39, 0.29) is 5.91 Å². The quantitative estimate of drug-likeness (QED) is 0.723. The summed E-state index contributed by atoms with van der Waals surface area (Å²) in [4.78, 5) is 21.0. The number of hydrogen-bond donors (Lipinski definition) is 1. The smallest absolute Gasteiger partial charge is 0.251 e. The Morgan fingerprint density at radius 1 is 0.963 bits per heavy atom. The fraction of sp³-hybridized carbons (Fsp3) is 0.227. The lowest BCUT2D eigenvalue weighted by molar-refractivity contribution is 0.0938. The molecule has 1 amide bonds. The molecule has 1 aromatic heterocycles. The number of carbonyl (C=O) groups is 1. The molecule has 1 N–H and O–H groups in total. The van der Waals surface area contributed by atoms with Gasteiger partial charge in [-0.2, -0.15) is 0 Å². The molecule has 1 aliphatic carbocycles. The van der Waals surface area contributed by atoms with Crippen LogP contribution < -0.4 is 10.1 Å². The summed E-state index contributed by atoms with van der Waals surface area (Å²) in [6.45, 7) is 0. The van der Waals surface area contributed by atoms with Gasteiger partial charge in [-0.1, -0.05) is 43.2 Å². The Hall–Kier alpha value is -3.21. The third-order valence-corrected chi connectivity index (χ3v) is 4.72. The number of benzene rings is 2. The predicted molar refractivity (Wildman–Crippen MR) is 104 cm³/mol. The minimum Gasteiger partial charge on any atom is -0.439 e. The van der Waals surface area contributed by atoms with Gasteiger partial charge < -0.3 is 10.1 Å². The lowest BCUT2D eigenvalue weighted by Gasteiger charge is -2.12. The molecule has 0 saturated heterocycles. The lowest BCUT2D eigenvalue weighted by Crippen LogP contribution is -2.32. The van der Waals surface area contributed by atoms with Crippen LogP contribution in [0, 0.1) is 0 Å². The standard InChI is InChI=1S/C22H21N3O2/c26-22(25-18-9-4-5-10-18)17-8-6-7-16(13-17)20-14-21(24-15-23-20)27-19-11-2-1-3-12-19/h1-3,6-8,11-15,18H,4-5,9-10H2,(H,25,26). The SMILES string of the molecule is O=C(NC1CCCC1)c1cccc(-c2cc(Oc3ccccc3)ncn2)c1. The van der Waals surface area contributed by atoms with Crippen LogP contribution in [0.3, 0.4) is 0 Å². The monoisotopic (exact) mass is 359 g/mol. The van der Waals surface area contributed by atoms with E-state index in [1.165, 1.54) is 19.2 Å². The topological polar surface area (TPSA) is 64.1 Å². The molecule has 0 bridgehead atoms. The Bertz CT molecular complexity index is 922. The van der Waals surface area contributed by atoms with Gasteiger partial charge in [0.15, 0.2) is 0 Å². The molecule has 0 unspecified atom stereocenters. The van der Waals surface area contributed by atoms with Crippen LogP contribution in [-0.4, -0.2) is 21.9 Å². The molecule has 3 aromatic rings. The van der Waals surface area contributed by atoms with Gasteiger partial charge in [-0.3, -0.25) is 4.79 Å². The van der Waals surface area contributed by atoms with Crippen molar-refractivity contribution >= 4 is 5.91 Å². The largest absolute Gasteiger partial charge is 0.439 e. The second-order valence-corrected chi connectivity index (χ2v) is 6.69. The third-order valence-electron chi connectivity index (χ3n) is 4.72. The zero-order chi connectivity index (χ0) is 18.5. The maximum atomic E-state index is 12.5. The first kappa shape index (κ1) is 17.2. The van der Waals surface area contributed by atoms with Crippen LogP contribution in [0.4, 0.5) is 0 Å². The van der Waals surface area contributed by atoms with Crippen molar-refractivity contribution in [3.63, 3.8) is 0 Å². The summed E-state index contributed by atoms with van der Waals surface area (Å²) < 4.78 is 5.78. The zero-order valence-corrected chi connectivity index (χ0v) is 15.0. The van der Waals surface area contributed by atoms with Crippen molar-refractivity contribution in [2.24, 2.45) is 0 Å². The van der Waals surface area contributed by atoms with Gasteiger partial charge in [-0.05, 0) is 37.1 Å². The van der Waals surface area contributed by atoms with Gasteiger partial charge in [-0.25, -0.2) is 9.97 Å². The molecule has 1 fully saturated rings. The van der Waals surface area contributed by atoms with Crippen molar-refractivity contribution < 1.29 is 9.53 Å². The first-order valence-corrected chi connectivity index (χ1v) is 9.24. The molecular formula is C22H21N3O2. The van der Waals surface area contributed by atoms with E-state index in [9.17, 15) is 4.79 Å². The predicted octanol–water partition coefficient (Wildman–Crippen LogP) is 4.61. The highest BCUT2D eigenvalue weighted by Crippen LogP contribution is 2.24. The Kier molecular flexibility index (Phi) is 5.10. The highest BCUT2D eigenvalue weighted by atomic mass is 16.5. The van der Waals surface area contributed by atoms with Gasteiger partial charge >= 0.3 is 0 Å². The van der Waals surface area contributed by atoms with E-state index in [2.05, 4.69) is 15.3 Å². The summed E-state index contributed by atoms with van der Waals surface area (Å²) >= 11 is 0. The van der Waals surface area contributed by atoms with Gasteiger partial charge in [0, 0.05) is 23.2 Å². The number of hydrogen-bond acceptors (Lipinski definition) is 4. The van der Waals surface area contributed by atoms with E-state index in [4.69, 9.17) is 4.74 Å². The molecule has 0 atom stereocenters. The van der Waals surface area contributed by atoms with Crippen molar-refractivity contribution in [3.8, 4) is 22.9 Å². The average molecular weight is 359 g/mol. The van der Waals surface area contributed by atoms with Gasteiger partial charge in [0.2, 0.25) is 5.88 Å². The Morgan fingerprint density at radius 2 is 1.78 bits per heavy atom. The van der Waals surface area contributed by atoms with Crippen LogP contribution in [0.25, 0.3) is 11.3 Å². The minimum atomic E-state index is -0.0291. The number of carbonyl (C=O) groups excluding carboxylic acids is 1. The maximum absolute atomic E-state index is 12.5. The van der Waals surface area contributed by atoms with Crippen molar-refractivity contribution in [1.29, 1.82) is 0 Å². The highest BCUT2D eigenvalue weighted by Gasteiger charge is 2.18. The van der Waals surface area contributed by atoms with Crippen molar-refractivity contribution in [1.82, 2.24) is 15.3 Å². The minimum absolute atomic E-state index is 0.0291. The third kappa shape index (κ3) is 4.31. The van der Waals surface area contributed by atoms with Crippen LogP contribution in [0.1, 0.15) is 36.0 Å². The fourth-order valence-electron chi connectivity index (χ4n) is 3.32. The van der Waals surface area contributed by atoms with Gasteiger partial charge in [0.1, 0.15) is 12.1 Å². The summed E-state index contributed by atoms with van der Waals surface area (Å²) in [6.07, 6.45) is 5.99. The van der Waals surface area contributed by atoms with Gasteiger partial charge in [-0.15, -0.1) is 0 Å². The normalized spacial score (nSPS) is 14.1. The molecule has 1 aliphatic rings. The summed E-state index contributed by atoms with van der Waals surface area (Å²) in [6, 6.07) is 19.1. The molecule has 27 heavy (non-hydrogen) atoms. The van der Waals surface area contributed by atoms with E-state index in [1.54, 1.807) is 6.07 Å². The van der Waals surface area contributed by atoms with Gasteiger partial charge in [0.25, 0.3) is 5.91 Å². The molecule has 0 aliphatic heterocycles. The second kappa shape index (κ2) is 7.99. The number of para-hydroxylation sites is 1. The number of aromatic nitrogens is 2. The molecule has 1 heterocycles. The number of nitrogens with zero attached hydrogens (tertiary/aromatic N) is 2. The van der Waals surface area contributed by atoms with Crippen molar-refractivity contribution in [2.45, 2.75) is 31.7 Å². The molecule has 0 spiro atoms. The highest BCUT2D eigenvalue weighted by molar-refractivity contribution is 5.95. The Morgan fingerprint density at radius 3 is 2.59 bits per heavy atom.